The average molecular weight is 266 g/mol. The number of rotatable bonds is 1. The molecule has 7 heteroatoms. The van der Waals surface area contributed by atoms with E-state index < -0.39 is 11.7 Å². The number of hydrogen-bond acceptors (Lipinski definition) is 3. The molecule has 2 rings (SSSR count). The summed E-state index contributed by atoms with van der Waals surface area (Å²) in [5.41, 5.74) is 5.74. The zero-order valence-electron chi connectivity index (χ0n) is 9.86. The van der Waals surface area contributed by atoms with Gasteiger partial charge in [0.15, 0.2) is 0 Å². The van der Waals surface area contributed by atoms with E-state index in [2.05, 4.69) is 5.10 Å². The molecule has 4 nitrogen and oxygen atoms in total. The van der Waals surface area contributed by atoms with Crippen LogP contribution in [0, 0.1) is 11.3 Å². The Labute approximate surface area is 106 Å². The molecule has 0 aliphatic rings. The molecule has 0 aliphatic carbocycles. The maximum absolute atomic E-state index is 12.4. The largest absolute Gasteiger partial charge is 0.416 e. The van der Waals surface area contributed by atoms with Gasteiger partial charge < -0.3 is 5.73 Å². The monoisotopic (exact) mass is 266 g/mol. The first-order chi connectivity index (χ1) is 8.84. The lowest BCUT2D eigenvalue weighted by Crippen LogP contribution is -2.04. The predicted molar refractivity (Wildman–Crippen MR) is 62.8 cm³/mol. The maximum Gasteiger partial charge on any atom is 0.416 e. The van der Waals surface area contributed by atoms with E-state index in [0.29, 0.717) is 5.56 Å². The lowest BCUT2D eigenvalue weighted by molar-refractivity contribution is -0.137. The Morgan fingerprint density at radius 2 is 1.84 bits per heavy atom. The van der Waals surface area contributed by atoms with Crippen LogP contribution in [0.5, 0.6) is 0 Å². The van der Waals surface area contributed by atoms with Crippen LogP contribution in [-0.4, -0.2) is 9.78 Å². The summed E-state index contributed by atoms with van der Waals surface area (Å²) in [4.78, 5) is 0. The SMILES string of the molecule is Cn1nc(-c2ccc(C(F)(F)F)cc2)c(C#N)c1N. The first kappa shape index (κ1) is 13.0. The number of anilines is 1. The molecule has 0 saturated carbocycles. The van der Waals surface area contributed by atoms with Crippen LogP contribution in [0.25, 0.3) is 11.3 Å². The lowest BCUT2D eigenvalue weighted by atomic mass is 10.1. The average Bonchev–Trinajstić information content (AvgIpc) is 2.64. The van der Waals surface area contributed by atoms with Gasteiger partial charge in [0.1, 0.15) is 23.1 Å². The molecular formula is C12H9F3N4. The van der Waals surface area contributed by atoms with Crippen LogP contribution < -0.4 is 5.73 Å². The number of nitrogens with zero attached hydrogens (tertiary/aromatic N) is 3. The Kier molecular flexibility index (Phi) is 2.94. The van der Waals surface area contributed by atoms with Crippen LogP contribution in [0.2, 0.25) is 0 Å². The molecule has 0 atom stereocenters. The summed E-state index contributed by atoms with van der Waals surface area (Å²) >= 11 is 0. The van der Waals surface area contributed by atoms with Crippen molar-refractivity contribution in [1.82, 2.24) is 9.78 Å². The van der Waals surface area contributed by atoms with Crippen LogP contribution in [0.15, 0.2) is 24.3 Å². The minimum Gasteiger partial charge on any atom is -0.383 e. The second-order valence-electron chi connectivity index (χ2n) is 3.92. The zero-order chi connectivity index (χ0) is 14.2. The zero-order valence-corrected chi connectivity index (χ0v) is 9.86. The number of halogens is 3. The van der Waals surface area contributed by atoms with Crippen molar-refractivity contribution < 1.29 is 13.2 Å². The third-order valence-electron chi connectivity index (χ3n) is 2.69. The van der Waals surface area contributed by atoms with Crippen LogP contribution >= 0.6 is 0 Å². The minimum absolute atomic E-state index is 0.155. The van der Waals surface area contributed by atoms with Crippen molar-refractivity contribution in [3.05, 3.63) is 35.4 Å². The van der Waals surface area contributed by atoms with Crippen LogP contribution in [0.3, 0.4) is 0 Å². The van der Waals surface area contributed by atoms with Gasteiger partial charge in [-0.05, 0) is 12.1 Å². The molecule has 0 amide bonds. The van der Waals surface area contributed by atoms with Crippen LogP contribution in [-0.2, 0) is 13.2 Å². The van der Waals surface area contributed by atoms with Gasteiger partial charge in [0.25, 0.3) is 0 Å². The number of nitrogens with two attached hydrogens (primary N) is 1. The van der Waals surface area contributed by atoms with Crippen molar-refractivity contribution in [2.45, 2.75) is 6.18 Å². The van der Waals surface area contributed by atoms with Gasteiger partial charge in [0, 0.05) is 12.6 Å². The van der Waals surface area contributed by atoms with Crippen molar-refractivity contribution in [2.24, 2.45) is 7.05 Å². The van der Waals surface area contributed by atoms with E-state index >= 15 is 0 Å². The van der Waals surface area contributed by atoms with Crippen LogP contribution in [0.1, 0.15) is 11.1 Å². The molecule has 19 heavy (non-hydrogen) atoms. The molecule has 2 N–H and O–H groups in total. The van der Waals surface area contributed by atoms with E-state index in [9.17, 15) is 13.2 Å². The molecule has 0 unspecified atom stereocenters. The van der Waals surface area contributed by atoms with E-state index in [4.69, 9.17) is 11.0 Å². The highest BCUT2D eigenvalue weighted by Gasteiger charge is 2.30. The Hall–Kier alpha value is -2.49. The summed E-state index contributed by atoms with van der Waals surface area (Å²) in [5.74, 6) is 0.178. The van der Waals surface area contributed by atoms with Gasteiger partial charge in [-0.2, -0.15) is 23.5 Å². The van der Waals surface area contributed by atoms with Gasteiger partial charge in [-0.1, -0.05) is 12.1 Å². The standard InChI is InChI=1S/C12H9F3N4/c1-19-11(17)9(6-16)10(18-19)7-2-4-8(5-3-7)12(13,14)15/h2-5H,17H2,1H3. The molecule has 1 aromatic heterocycles. The number of alkyl halides is 3. The second-order valence-corrected chi connectivity index (χ2v) is 3.92. The third-order valence-corrected chi connectivity index (χ3v) is 2.69. The summed E-state index contributed by atoms with van der Waals surface area (Å²) in [5, 5.41) is 13.0. The van der Waals surface area contributed by atoms with Gasteiger partial charge in [-0.25, -0.2) is 0 Å². The molecule has 0 bridgehead atoms. The number of nitriles is 1. The van der Waals surface area contributed by atoms with Gasteiger partial charge in [-0.15, -0.1) is 0 Å². The number of nitrogen functional groups attached to an aromatic ring is 1. The normalized spacial score (nSPS) is 11.3. The Morgan fingerprint density at radius 3 is 2.32 bits per heavy atom. The summed E-state index contributed by atoms with van der Waals surface area (Å²) < 4.78 is 38.6. The fourth-order valence-electron chi connectivity index (χ4n) is 1.67. The topological polar surface area (TPSA) is 67.6 Å². The molecule has 0 fully saturated rings. The third kappa shape index (κ3) is 2.25. The summed E-state index contributed by atoms with van der Waals surface area (Å²) in [6, 6.07) is 6.33. The van der Waals surface area contributed by atoms with E-state index in [-0.39, 0.29) is 17.1 Å². The van der Waals surface area contributed by atoms with Crippen molar-refractivity contribution >= 4 is 5.82 Å². The highest BCUT2D eigenvalue weighted by atomic mass is 19.4. The number of hydrogen-bond donors (Lipinski definition) is 1. The molecule has 98 valence electrons. The molecule has 0 radical (unpaired) electrons. The van der Waals surface area contributed by atoms with Crippen molar-refractivity contribution in [3.63, 3.8) is 0 Å². The smallest absolute Gasteiger partial charge is 0.383 e. The molecule has 1 aromatic carbocycles. The second kappa shape index (κ2) is 4.31. The highest BCUT2D eigenvalue weighted by molar-refractivity contribution is 5.72. The van der Waals surface area contributed by atoms with Gasteiger partial charge in [-0.3, -0.25) is 4.68 Å². The summed E-state index contributed by atoms with van der Waals surface area (Å²) in [7, 11) is 1.56. The van der Waals surface area contributed by atoms with Crippen molar-refractivity contribution in [2.75, 3.05) is 5.73 Å². The van der Waals surface area contributed by atoms with Gasteiger partial charge >= 0.3 is 6.18 Å². The fourth-order valence-corrected chi connectivity index (χ4v) is 1.67. The van der Waals surface area contributed by atoms with E-state index in [1.165, 1.54) is 16.8 Å². The molecule has 0 aliphatic heterocycles. The minimum atomic E-state index is -4.39. The summed E-state index contributed by atoms with van der Waals surface area (Å²) in [6.45, 7) is 0. The van der Waals surface area contributed by atoms with Crippen LogP contribution in [0.4, 0.5) is 19.0 Å². The molecule has 1 heterocycles. The van der Waals surface area contributed by atoms with E-state index in [1.807, 2.05) is 6.07 Å². The number of benzene rings is 1. The number of aromatic nitrogens is 2. The van der Waals surface area contributed by atoms with Crippen molar-refractivity contribution in [1.29, 1.82) is 5.26 Å². The first-order valence-corrected chi connectivity index (χ1v) is 5.25. The lowest BCUT2D eigenvalue weighted by Gasteiger charge is -2.06. The van der Waals surface area contributed by atoms with E-state index in [0.717, 1.165) is 12.1 Å². The van der Waals surface area contributed by atoms with Gasteiger partial charge in [0.2, 0.25) is 0 Å². The van der Waals surface area contributed by atoms with Crippen molar-refractivity contribution in [3.8, 4) is 17.3 Å². The van der Waals surface area contributed by atoms with E-state index in [1.54, 1.807) is 7.05 Å². The fraction of sp³-hybridized carbons (Fsp3) is 0.167. The first-order valence-electron chi connectivity index (χ1n) is 5.25. The molecule has 2 aromatic rings. The highest BCUT2D eigenvalue weighted by Crippen LogP contribution is 2.32. The number of aryl methyl sites for hydroxylation is 1. The maximum atomic E-state index is 12.4. The molecule has 0 spiro atoms. The predicted octanol–water partition coefficient (Wildman–Crippen LogP) is 2.56. The Bertz CT molecular complexity index is 647. The van der Waals surface area contributed by atoms with Gasteiger partial charge in [0.05, 0.1) is 5.56 Å². The summed E-state index contributed by atoms with van der Waals surface area (Å²) in [6.07, 6.45) is -4.39. The quantitative estimate of drug-likeness (QED) is 0.862. The molecular weight excluding hydrogens is 257 g/mol. The Morgan fingerprint density at radius 1 is 1.26 bits per heavy atom. The Balaban J connectivity index is 2.50. The molecule has 0 saturated heterocycles.